The molecule has 2 rings (SSSR count). The Morgan fingerprint density at radius 2 is 1.52 bits per heavy atom. The Balaban J connectivity index is 2.24. The number of thioether (sulfide) groups is 1. The summed E-state index contributed by atoms with van der Waals surface area (Å²) in [5.74, 6) is 0.925. The molecular weight excluding hydrogens is 278 g/mol. The van der Waals surface area contributed by atoms with Crippen LogP contribution < -0.4 is 10.1 Å². The average molecular weight is 301 g/mol. The Bertz CT molecular complexity index is 536. The summed E-state index contributed by atoms with van der Waals surface area (Å²) in [5, 5.41) is 3.56. The van der Waals surface area contributed by atoms with Gasteiger partial charge >= 0.3 is 0 Å². The fourth-order valence-corrected chi connectivity index (χ4v) is 2.76. The van der Waals surface area contributed by atoms with Crippen LogP contribution in [0.3, 0.4) is 0 Å². The maximum absolute atomic E-state index is 5.51. The zero-order chi connectivity index (χ0) is 15.1. The fraction of sp³-hybridized carbons (Fsp3) is 0.333. The minimum Gasteiger partial charge on any atom is -0.494 e. The molecule has 0 saturated heterocycles. The molecule has 0 aliphatic rings. The first kappa shape index (κ1) is 15.9. The minimum atomic E-state index is 0.224. The highest BCUT2D eigenvalue weighted by molar-refractivity contribution is 7.98. The van der Waals surface area contributed by atoms with Gasteiger partial charge in [-0.15, -0.1) is 11.8 Å². The summed E-state index contributed by atoms with van der Waals surface area (Å²) < 4.78 is 5.51. The Labute approximate surface area is 131 Å². The van der Waals surface area contributed by atoms with Gasteiger partial charge in [-0.05, 0) is 55.1 Å². The number of hydrogen-bond acceptors (Lipinski definition) is 3. The van der Waals surface area contributed by atoms with Crippen molar-refractivity contribution < 1.29 is 4.74 Å². The summed E-state index contributed by atoms with van der Waals surface area (Å²) in [5.41, 5.74) is 2.55. The topological polar surface area (TPSA) is 21.3 Å². The van der Waals surface area contributed by atoms with E-state index in [1.807, 2.05) is 19.1 Å². The van der Waals surface area contributed by atoms with E-state index in [0.29, 0.717) is 6.61 Å². The van der Waals surface area contributed by atoms with Crippen molar-refractivity contribution in [2.45, 2.75) is 24.8 Å². The summed E-state index contributed by atoms with van der Waals surface area (Å²) in [6.45, 7) is 5.77. The predicted octanol–water partition coefficient (Wildman–Crippen LogP) is 4.51. The standard InChI is InChI=1S/C18H23NOS/c1-4-19-18(15-8-12-17(21-3)13-9-15)14-6-10-16(11-7-14)20-5-2/h6-13,18-19H,4-5H2,1-3H3. The number of hydrogen-bond donors (Lipinski definition) is 1. The van der Waals surface area contributed by atoms with E-state index in [1.54, 1.807) is 11.8 Å². The number of rotatable bonds is 7. The molecule has 0 radical (unpaired) electrons. The summed E-state index contributed by atoms with van der Waals surface area (Å²) in [6.07, 6.45) is 2.10. The fourth-order valence-electron chi connectivity index (χ4n) is 2.35. The Morgan fingerprint density at radius 3 is 2.00 bits per heavy atom. The molecule has 0 bridgehead atoms. The van der Waals surface area contributed by atoms with E-state index >= 15 is 0 Å². The zero-order valence-electron chi connectivity index (χ0n) is 12.9. The first-order chi connectivity index (χ1) is 10.3. The third kappa shape index (κ3) is 4.26. The second-order valence-electron chi connectivity index (χ2n) is 4.77. The lowest BCUT2D eigenvalue weighted by molar-refractivity contribution is 0.340. The molecule has 0 heterocycles. The number of nitrogens with one attached hydrogen (secondary N) is 1. The van der Waals surface area contributed by atoms with Crippen LogP contribution in [0.4, 0.5) is 0 Å². The average Bonchev–Trinajstić information content (AvgIpc) is 2.54. The van der Waals surface area contributed by atoms with Gasteiger partial charge in [0, 0.05) is 4.90 Å². The van der Waals surface area contributed by atoms with E-state index in [1.165, 1.54) is 16.0 Å². The molecule has 0 spiro atoms. The van der Waals surface area contributed by atoms with Crippen LogP contribution in [0.1, 0.15) is 31.0 Å². The molecule has 0 aliphatic carbocycles. The number of ether oxygens (including phenoxy) is 1. The van der Waals surface area contributed by atoms with Crippen molar-refractivity contribution in [2.75, 3.05) is 19.4 Å². The van der Waals surface area contributed by atoms with E-state index in [9.17, 15) is 0 Å². The first-order valence-corrected chi connectivity index (χ1v) is 8.61. The maximum Gasteiger partial charge on any atom is 0.119 e. The smallest absolute Gasteiger partial charge is 0.119 e. The summed E-state index contributed by atoms with van der Waals surface area (Å²) in [4.78, 5) is 1.29. The first-order valence-electron chi connectivity index (χ1n) is 7.38. The van der Waals surface area contributed by atoms with E-state index < -0.39 is 0 Å². The lowest BCUT2D eigenvalue weighted by Gasteiger charge is -2.19. The van der Waals surface area contributed by atoms with Crippen molar-refractivity contribution >= 4 is 11.8 Å². The molecular formula is C18H23NOS. The number of benzene rings is 2. The van der Waals surface area contributed by atoms with Crippen molar-refractivity contribution in [2.24, 2.45) is 0 Å². The summed E-state index contributed by atoms with van der Waals surface area (Å²) in [7, 11) is 0. The molecule has 2 aromatic carbocycles. The largest absolute Gasteiger partial charge is 0.494 e. The second kappa shape index (κ2) is 8.11. The molecule has 2 nitrogen and oxygen atoms in total. The van der Waals surface area contributed by atoms with Gasteiger partial charge in [0.15, 0.2) is 0 Å². The quantitative estimate of drug-likeness (QED) is 0.760. The van der Waals surface area contributed by atoms with Crippen LogP contribution in [-0.4, -0.2) is 19.4 Å². The molecule has 0 amide bonds. The molecule has 1 atom stereocenters. The van der Waals surface area contributed by atoms with Crippen molar-refractivity contribution in [1.29, 1.82) is 0 Å². The molecule has 0 aliphatic heterocycles. The predicted molar refractivity (Wildman–Crippen MR) is 91.4 cm³/mol. The van der Waals surface area contributed by atoms with E-state index in [2.05, 4.69) is 54.9 Å². The van der Waals surface area contributed by atoms with Crippen LogP contribution in [0.2, 0.25) is 0 Å². The highest BCUT2D eigenvalue weighted by Crippen LogP contribution is 2.26. The SMILES string of the molecule is CCNC(c1ccc(OCC)cc1)c1ccc(SC)cc1. The molecule has 21 heavy (non-hydrogen) atoms. The highest BCUT2D eigenvalue weighted by atomic mass is 32.2. The van der Waals surface area contributed by atoms with Gasteiger partial charge in [0.2, 0.25) is 0 Å². The van der Waals surface area contributed by atoms with Crippen molar-refractivity contribution in [3.05, 3.63) is 59.7 Å². The van der Waals surface area contributed by atoms with Gasteiger partial charge < -0.3 is 10.1 Å². The second-order valence-corrected chi connectivity index (χ2v) is 5.65. The van der Waals surface area contributed by atoms with Crippen molar-refractivity contribution in [1.82, 2.24) is 5.32 Å². The Kier molecular flexibility index (Phi) is 6.15. The summed E-state index contributed by atoms with van der Waals surface area (Å²) in [6, 6.07) is 17.4. The van der Waals surface area contributed by atoms with E-state index in [-0.39, 0.29) is 6.04 Å². The van der Waals surface area contributed by atoms with Gasteiger partial charge in [0.05, 0.1) is 12.6 Å². The molecule has 112 valence electrons. The van der Waals surface area contributed by atoms with Crippen LogP contribution in [-0.2, 0) is 0 Å². The van der Waals surface area contributed by atoms with Gasteiger partial charge in [-0.1, -0.05) is 31.2 Å². The molecule has 2 aromatic rings. The molecule has 0 aromatic heterocycles. The van der Waals surface area contributed by atoms with Gasteiger partial charge in [-0.2, -0.15) is 0 Å². The van der Waals surface area contributed by atoms with E-state index in [0.717, 1.165) is 12.3 Å². The third-order valence-electron chi connectivity index (χ3n) is 3.38. The highest BCUT2D eigenvalue weighted by Gasteiger charge is 2.12. The monoisotopic (exact) mass is 301 g/mol. The van der Waals surface area contributed by atoms with Crippen molar-refractivity contribution in [3.8, 4) is 5.75 Å². The Morgan fingerprint density at radius 1 is 0.952 bits per heavy atom. The van der Waals surface area contributed by atoms with Crippen LogP contribution >= 0.6 is 11.8 Å². The van der Waals surface area contributed by atoms with Crippen LogP contribution in [0, 0.1) is 0 Å². The van der Waals surface area contributed by atoms with Crippen LogP contribution in [0.25, 0.3) is 0 Å². The van der Waals surface area contributed by atoms with Gasteiger partial charge in [-0.25, -0.2) is 0 Å². The van der Waals surface area contributed by atoms with Crippen LogP contribution in [0.15, 0.2) is 53.4 Å². The van der Waals surface area contributed by atoms with Gasteiger partial charge in [-0.3, -0.25) is 0 Å². The molecule has 1 unspecified atom stereocenters. The van der Waals surface area contributed by atoms with Crippen LogP contribution in [0.5, 0.6) is 5.75 Å². The molecule has 0 saturated carbocycles. The van der Waals surface area contributed by atoms with Crippen molar-refractivity contribution in [3.63, 3.8) is 0 Å². The lowest BCUT2D eigenvalue weighted by atomic mass is 9.98. The minimum absolute atomic E-state index is 0.224. The lowest BCUT2D eigenvalue weighted by Crippen LogP contribution is -2.21. The van der Waals surface area contributed by atoms with E-state index in [4.69, 9.17) is 4.74 Å². The molecule has 0 fully saturated rings. The molecule has 1 N–H and O–H groups in total. The van der Waals surface area contributed by atoms with Gasteiger partial charge in [0.1, 0.15) is 5.75 Å². The molecule has 3 heteroatoms. The van der Waals surface area contributed by atoms with Gasteiger partial charge in [0.25, 0.3) is 0 Å². The zero-order valence-corrected chi connectivity index (χ0v) is 13.7. The third-order valence-corrected chi connectivity index (χ3v) is 4.13. The summed E-state index contributed by atoms with van der Waals surface area (Å²) >= 11 is 1.77. The maximum atomic E-state index is 5.51. The Hall–Kier alpha value is -1.45. The normalized spacial score (nSPS) is 12.1.